The van der Waals surface area contributed by atoms with Gasteiger partial charge in [0, 0.05) is 6.42 Å². The summed E-state index contributed by atoms with van der Waals surface area (Å²) in [5, 5.41) is 9.57. The van der Waals surface area contributed by atoms with Crippen LogP contribution >= 0.6 is 11.6 Å². The quantitative estimate of drug-likeness (QED) is 0.581. The Morgan fingerprint density at radius 2 is 2.24 bits per heavy atom. The van der Waals surface area contributed by atoms with Gasteiger partial charge in [-0.3, -0.25) is 0 Å². The van der Waals surface area contributed by atoms with E-state index in [-0.39, 0.29) is 17.1 Å². The number of halogens is 1. The average Bonchev–Trinajstić information content (AvgIpc) is 2.83. The van der Waals surface area contributed by atoms with Gasteiger partial charge in [-0.25, -0.2) is 4.98 Å². The number of aliphatic hydroxyl groups excluding tert-OH is 1. The van der Waals surface area contributed by atoms with E-state index in [0.29, 0.717) is 17.6 Å². The van der Waals surface area contributed by atoms with E-state index in [0.717, 1.165) is 0 Å². The largest absolute Gasteiger partial charge is 0.389 e. The Morgan fingerprint density at radius 1 is 1.41 bits per heavy atom. The van der Waals surface area contributed by atoms with Gasteiger partial charge in [-0.05, 0) is 11.6 Å². The zero-order valence-electron chi connectivity index (χ0n) is 8.79. The zero-order chi connectivity index (χ0) is 12.0. The fraction of sp³-hybridized carbons (Fsp3) is 0.300. The van der Waals surface area contributed by atoms with Crippen molar-refractivity contribution in [3.8, 4) is 0 Å². The van der Waals surface area contributed by atoms with Crippen molar-refractivity contribution >= 4 is 28.6 Å². The molecule has 3 N–H and O–H groups in total. The van der Waals surface area contributed by atoms with E-state index in [4.69, 9.17) is 17.3 Å². The van der Waals surface area contributed by atoms with E-state index in [1.807, 2.05) is 10.6 Å². The third-order valence-electron chi connectivity index (χ3n) is 2.82. The van der Waals surface area contributed by atoms with Crippen molar-refractivity contribution in [2.45, 2.75) is 18.6 Å². The summed E-state index contributed by atoms with van der Waals surface area (Å²) in [5.41, 5.74) is 6.84. The van der Waals surface area contributed by atoms with Crippen molar-refractivity contribution in [3.05, 3.63) is 23.8 Å². The van der Waals surface area contributed by atoms with E-state index >= 15 is 0 Å². The van der Waals surface area contributed by atoms with Crippen LogP contribution in [0.4, 0.5) is 5.82 Å². The van der Waals surface area contributed by atoms with Crippen LogP contribution in [0.3, 0.4) is 0 Å². The van der Waals surface area contributed by atoms with Crippen LogP contribution in [0.2, 0.25) is 5.28 Å². The first-order chi connectivity index (χ1) is 8.15. The van der Waals surface area contributed by atoms with Crippen molar-refractivity contribution < 1.29 is 5.11 Å². The molecule has 88 valence electrons. The van der Waals surface area contributed by atoms with E-state index in [9.17, 15) is 5.11 Å². The number of anilines is 1. The Kier molecular flexibility index (Phi) is 2.27. The van der Waals surface area contributed by atoms with Crippen LogP contribution in [0.15, 0.2) is 18.5 Å². The predicted octanol–water partition coefficient (Wildman–Crippen LogP) is 0.924. The molecule has 0 saturated heterocycles. The summed E-state index contributed by atoms with van der Waals surface area (Å²) >= 11 is 5.78. The van der Waals surface area contributed by atoms with Crippen molar-refractivity contribution in [3.63, 3.8) is 0 Å². The minimum Gasteiger partial charge on any atom is -0.389 e. The fourth-order valence-electron chi connectivity index (χ4n) is 2.02. The number of nitrogen functional groups attached to an aromatic ring is 1. The van der Waals surface area contributed by atoms with Crippen LogP contribution in [-0.2, 0) is 0 Å². The molecule has 0 aromatic carbocycles. The number of fused-ring (bicyclic) bond motifs is 1. The van der Waals surface area contributed by atoms with E-state index in [2.05, 4.69) is 15.0 Å². The first-order valence-corrected chi connectivity index (χ1v) is 5.55. The maximum absolute atomic E-state index is 9.48. The van der Waals surface area contributed by atoms with Crippen LogP contribution in [0, 0.1) is 0 Å². The Morgan fingerprint density at radius 3 is 2.94 bits per heavy atom. The molecular formula is C10H10ClN5O. The highest BCUT2D eigenvalue weighted by Gasteiger charge is 2.21. The predicted molar refractivity (Wildman–Crippen MR) is 63.5 cm³/mol. The van der Waals surface area contributed by atoms with Crippen molar-refractivity contribution in [2.75, 3.05) is 5.73 Å². The highest BCUT2D eigenvalue weighted by Crippen LogP contribution is 2.27. The molecule has 2 aromatic heterocycles. The third-order valence-corrected chi connectivity index (χ3v) is 2.99. The molecule has 2 atom stereocenters. The average molecular weight is 252 g/mol. The van der Waals surface area contributed by atoms with Crippen LogP contribution < -0.4 is 5.73 Å². The fourth-order valence-corrected chi connectivity index (χ4v) is 2.19. The van der Waals surface area contributed by atoms with Crippen molar-refractivity contribution in [1.82, 2.24) is 19.5 Å². The van der Waals surface area contributed by atoms with E-state index in [1.54, 1.807) is 12.4 Å². The van der Waals surface area contributed by atoms with Gasteiger partial charge in [0.1, 0.15) is 5.52 Å². The summed E-state index contributed by atoms with van der Waals surface area (Å²) in [5.74, 6) is 0.265. The number of aliphatic hydroxyl groups is 1. The monoisotopic (exact) mass is 251 g/mol. The molecular weight excluding hydrogens is 242 g/mol. The van der Waals surface area contributed by atoms with E-state index < -0.39 is 6.10 Å². The van der Waals surface area contributed by atoms with Gasteiger partial charge in [-0.2, -0.15) is 9.97 Å². The lowest BCUT2D eigenvalue weighted by Crippen LogP contribution is -2.08. The standard InChI is InChI=1S/C10H10ClN5O/c11-10-14-8(12)7-9(15-10)16(4-13-7)5-1-2-6(17)3-5/h1-2,4-6,17H,3H2,(H2,12,14,15)/t5-,6+/m0/s1. The first-order valence-electron chi connectivity index (χ1n) is 5.17. The summed E-state index contributed by atoms with van der Waals surface area (Å²) in [6, 6.07) is 0.0281. The highest BCUT2D eigenvalue weighted by atomic mass is 35.5. The summed E-state index contributed by atoms with van der Waals surface area (Å²) in [7, 11) is 0. The summed E-state index contributed by atoms with van der Waals surface area (Å²) in [6.45, 7) is 0. The van der Waals surface area contributed by atoms with Gasteiger partial charge in [-0.15, -0.1) is 0 Å². The molecule has 2 aromatic rings. The van der Waals surface area contributed by atoms with Gasteiger partial charge in [0.15, 0.2) is 11.5 Å². The molecule has 3 rings (SSSR count). The van der Waals surface area contributed by atoms with Gasteiger partial charge in [0.25, 0.3) is 0 Å². The lowest BCUT2D eigenvalue weighted by atomic mass is 10.2. The summed E-state index contributed by atoms with van der Waals surface area (Å²) in [6.07, 6.45) is 5.49. The normalized spacial score (nSPS) is 23.6. The number of imidazole rings is 1. The molecule has 17 heavy (non-hydrogen) atoms. The molecule has 0 saturated carbocycles. The molecule has 2 heterocycles. The Balaban J connectivity index is 2.15. The number of hydrogen-bond donors (Lipinski definition) is 2. The Hall–Kier alpha value is -1.66. The van der Waals surface area contributed by atoms with Gasteiger partial charge >= 0.3 is 0 Å². The lowest BCUT2D eigenvalue weighted by molar-refractivity contribution is 0.211. The molecule has 0 aliphatic heterocycles. The third kappa shape index (κ3) is 1.65. The van der Waals surface area contributed by atoms with Crippen molar-refractivity contribution in [1.29, 1.82) is 0 Å². The van der Waals surface area contributed by atoms with Crippen LogP contribution in [0.25, 0.3) is 11.2 Å². The topological polar surface area (TPSA) is 89.9 Å². The molecule has 0 bridgehead atoms. The van der Waals surface area contributed by atoms with Gasteiger partial charge in [0.2, 0.25) is 5.28 Å². The number of rotatable bonds is 1. The molecule has 0 unspecified atom stereocenters. The smallest absolute Gasteiger partial charge is 0.226 e. The van der Waals surface area contributed by atoms with Gasteiger partial charge in [0.05, 0.1) is 18.5 Å². The highest BCUT2D eigenvalue weighted by molar-refractivity contribution is 6.28. The van der Waals surface area contributed by atoms with Crippen LogP contribution in [0.5, 0.6) is 0 Å². The molecule has 0 radical (unpaired) electrons. The SMILES string of the molecule is Nc1nc(Cl)nc2c1ncn2[C@H]1C=C[C@@H](O)C1. The second-order valence-electron chi connectivity index (χ2n) is 3.96. The molecule has 1 aliphatic carbocycles. The second kappa shape index (κ2) is 3.68. The summed E-state index contributed by atoms with van der Waals surface area (Å²) < 4.78 is 1.84. The summed E-state index contributed by atoms with van der Waals surface area (Å²) in [4.78, 5) is 12.1. The molecule has 0 fully saturated rings. The molecule has 1 aliphatic rings. The molecule has 7 heteroatoms. The van der Waals surface area contributed by atoms with E-state index in [1.165, 1.54) is 0 Å². The first kappa shape index (κ1) is 10.5. The number of hydrogen-bond acceptors (Lipinski definition) is 5. The maximum Gasteiger partial charge on any atom is 0.226 e. The molecule has 6 nitrogen and oxygen atoms in total. The van der Waals surface area contributed by atoms with Crippen LogP contribution in [-0.4, -0.2) is 30.7 Å². The second-order valence-corrected chi connectivity index (χ2v) is 4.30. The maximum atomic E-state index is 9.48. The number of nitrogens with zero attached hydrogens (tertiary/aromatic N) is 4. The zero-order valence-corrected chi connectivity index (χ0v) is 9.54. The Labute approximate surface area is 102 Å². The lowest BCUT2D eigenvalue weighted by Gasteiger charge is -2.11. The van der Waals surface area contributed by atoms with Gasteiger partial charge < -0.3 is 15.4 Å². The Bertz CT molecular complexity index is 608. The minimum atomic E-state index is -0.424. The molecule has 0 spiro atoms. The minimum absolute atomic E-state index is 0.0281. The van der Waals surface area contributed by atoms with Crippen LogP contribution in [0.1, 0.15) is 12.5 Å². The van der Waals surface area contributed by atoms with Crippen molar-refractivity contribution in [2.24, 2.45) is 0 Å². The number of aromatic nitrogens is 4. The number of nitrogens with two attached hydrogens (primary N) is 1. The van der Waals surface area contributed by atoms with Gasteiger partial charge in [-0.1, -0.05) is 12.2 Å². The molecule has 0 amide bonds. The number of allylic oxidation sites excluding steroid dienone is 1.